The zero-order chi connectivity index (χ0) is 21.8. The summed E-state index contributed by atoms with van der Waals surface area (Å²) < 4.78 is 32.5. The first-order valence-electron chi connectivity index (χ1n) is 9.59. The molecule has 2 aromatic carbocycles. The van der Waals surface area contributed by atoms with Crippen molar-refractivity contribution in [3.63, 3.8) is 0 Å². The van der Waals surface area contributed by atoms with Crippen molar-refractivity contribution in [3.8, 4) is 5.75 Å². The minimum absolute atomic E-state index is 0.0475. The molecule has 1 amide bonds. The molecule has 2 N–H and O–H groups in total. The Morgan fingerprint density at radius 2 is 1.48 bits per heavy atom. The summed E-state index contributed by atoms with van der Waals surface area (Å²) in [6.07, 6.45) is -0.707. The number of ether oxygens (including phenoxy) is 1. The molecule has 0 saturated carbocycles. The van der Waals surface area contributed by atoms with Gasteiger partial charge in [-0.3, -0.25) is 4.79 Å². The van der Waals surface area contributed by atoms with Crippen LogP contribution in [0.5, 0.6) is 5.75 Å². The van der Waals surface area contributed by atoms with Crippen molar-refractivity contribution in [1.29, 1.82) is 0 Å². The Morgan fingerprint density at radius 1 is 0.931 bits per heavy atom. The van der Waals surface area contributed by atoms with Gasteiger partial charge in [0.2, 0.25) is 10.0 Å². The van der Waals surface area contributed by atoms with Crippen LogP contribution < -0.4 is 14.8 Å². The third-order valence-electron chi connectivity index (χ3n) is 4.23. The van der Waals surface area contributed by atoms with Gasteiger partial charge in [0.05, 0.1) is 4.90 Å². The Hall–Kier alpha value is -2.38. The molecule has 2 rings (SSSR count). The molecular formula is C22H30N2O4S. The lowest BCUT2D eigenvalue weighted by Crippen LogP contribution is -2.31. The van der Waals surface area contributed by atoms with Gasteiger partial charge in [0.25, 0.3) is 5.91 Å². The Kier molecular flexibility index (Phi) is 7.08. The first-order chi connectivity index (χ1) is 13.4. The van der Waals surface area contributed by atoms with Gasteiger partial charge in [-0.1, -0.05) is 32.9 Å². The molecule has 1 atom stereocenters. The quantitative estimate of drug-likeness (QED) is 0.710. The number of anilines is 1. The van der Waals surface area contributed by atoms with Crippen molar-refractivity contribution >= 4 is 21.6 Å². The molecule has 0 aliphatic heterocycles. The Morgan fingerprint density at radius 3 is 1.97 bits per heavy atom. The summed E-state index contributed by atoms with van der Waals surface area (Å²) in [6.45, 7) is 11.6. The molecule has 6 nitrogen and oxygen atoms in total. The summed E-state index contributed by atoms with van der Waals surface area (Å²) >= 11 is 0. The molecule has 0 heterocycles. The van der Waals surface area contributed by atoms with Crippen LogP contribution in [0.15, 0.2) is 53.4 Å². The average molecular weight is 419 g/mol. The van der Waals surface area contributed by atoms with Crippen LogP contribution >= 0.6 is 0 Å². The number of hydrogen-bond donors (Lipinski definition) is 2. The van der Waals surface area contributed by atoms with Crippen LogP contribution in [-0.4, -0.2) is 26.5 Å². The number of carbonyl (C=O) groups is 1. The molecular weight excluding hydrogens is 388 g/mol. The van der Waals surface area contributed by atoms with Crippen molar-refractivity contribution < 1.29 is 17.9 Å². The molecule has 0 radical (unpaired) electrons. The fourth-order valence-corrected chi connectivity index (χ4v) is 3.88. The summed E-state index contributed by atoms with van der Waals surface area (Å²) in [5, 5.41) is 2.74. The highest BCUT2D eigenvalue weighted by Crippen LogP contribution is 2.24. The van der Waals surface area contributed by atoms with E-state index in [1.165, 1.54) is 17.7 Å². The Balaban J connectivity index is 1.99. The first kappa shape index (κ1) is 22.9. The second-order valence-corrected chi connectivity index (χ2v) is 10.0. The highest BCUT2D eigenvalue weighted by molar-refractivity contribution is 7.89. The number of nitrogens with one attached hydrogen (secondary N) is 2. The summed E-state index contributed by atoms with van der Waals surface area (Å²) in [5.41, 5.74) is 1.73. The van der Waals surface area contributed by atoms with Crippen molar-refractivity contribution in [2.24, 2.45) is 0 Å². The van der Waals surface area contributed by atoms with E-state index in [4.69, 9.17) is 4.74 Å². The summed E-state index contributed by atoms with van der Waals surface area (Å²) in [4.78, 5) is 12.5. The molecule has 0 unspecified atom stereocenters. The maximum absolute atomic E-state index is 12.4. The molecule has 7 heteroatoms. The van der Waals surface area contributed by atoms with Gasteiger partial charge >= 0.3 is 0 Å². The molecule has 0 spiro atoms. The molecule has 158 valence electrons. The fraction of sp³-hybridized carbons (Fsp3) is 0.409. The summed E-state index contributed by atoms with van der Waals surface area (Å²) in [5.74, 6) is 0.294. The van der Waals surface area contributed by atoms with Gasteiger partial charge in [-0.15, -0.1) is 0 Å². The van der Waals surface area contributed by atoms with Gasteiger partial charge in [-0.05, 0) is 68.1 Å². The third-order valence-corrected chi connectivity index (χ3v) is 5.90. The number of sulfonamides is 1. The number of carbonyl (C=O) groups excluding carboxylic acids is 1. The van der Waals surface area contributed by atoms with Crippen LogP contribution in [0.1, 0.15) is 47.1 Å². The largest absolute Gasteiger partial charge is 0.481 e. The summed E-state index contributed by atoms with van der Waals surface area (Å²) in [7, 11) is -3.56. The van der Waals surface area contributed by atoms with E-state index in [0.29, 0.717) is 11.4 Å². The van der Waals surface area contributed by atoms with Crippen LogP contribution in [0.25, 0.3) is 0 Å². The smallest absolute Gasteiger partial charge is 0.265 e. The van der Waals surface area contributed by atoms with Crippen LogP contribution in [0.4, 0.5) is 5.69 Å². The second-order valence-electron chi connectivity index (χ2n) is 8.32. The van der Waals surface area contributed by atoms with E-state index in [-0.39, 0.29) is 22.3 Å². The molecule has 0 aliphatic rings. The van der Waals surface area contributed by atoms with Crippen LogP contribution in [0.2, 0.25) is 0 Å². The Bertz CT molecular complexity index is 928. The van der Waals surface area contributed by atoms with Gasteiger partial charge in [0.15, 0.2) is 6.10 Å². The van der Waals surface area contributed by atoms with Gasteiger partial charge < -0.3 is 10.1 Å². The van der Waals surface area contributed by atoms with Crippen molar-refractivity contribution in [1.82, 2.24) is 4.72 Å². The van der Waals surface area contributed by atoms with Crippen molar-refractivity contribution in [2.75, 3.05) is 5.32 Å². The lowest BCUT2D eigenvalue weighted by atomic mass is 9.87. The van der Waals surface area contributed by atoms with Crippen LogP contribution in [-0.2, 0) is 20.2 Å². The lowest BCUT2D eigenvalue weighted by Gasteiger charge is -2.20. The zero-order valence-corrected chi connectivity index (χ0v) is 18.6. The van der Waals surface area contributed by atoms with E-state index in [9.17, 15) is 13.2 Å². The van der Waals surface area contributed by atoms with Gasteiger partial charge in [-0.2, -0.15) is 0 Å². The van der Waals surface area contributed by atoms with E-state index < -0.39 is 16.1 Å². The molecule has 0 saturated heterocycles. The van der Waals surface area contributed by atoms with Crippen molar-refractivity contribution in [2.45, 2.75) is 64.0 Å². The van der Waals surface area contributed by atoms with Gasteiger partial charge in [-0.25, -0.2) is 13.1 Å². The molecule has 0 aromatic heterocycles. The highest BCUT2D eigenvalue weighted by atomic mass is 32.2. The van der Waals surface area contributed by atoms with Gasteiger partial charge in [0, 0.05) is 11.7 Å². The molecule has 0 aliphatic carbocycles. The average Bonchev–Trinajstić information content (AvgIpc) is 2.60. The molecule has 2 aromatic rings. The molecule has 0 fully saturated rings. The standard InChI is InChI=1S/C22H30N2O4S/c1-15(2)24-29(26,27)20-13-9-18(10-14-20)23-21(25)16(3)28-19-11-7-17(8-12-19)22(4,5)6/h7-16,24H,1-6H3,(H,23,25)/t16-/m1/s1. The number of rotatable bonds is 7. The number of hydrogen-bond acceptors (Lipinski definition) is 4. The lowest BCUT2D eigenvalue weighted by molar-refractivity contribution is -0.122. The first-order valence-corrected chi connectivity index (χ1v) is 11.1. The van der Waals surface area contributed by atoms with Crippen molar-refractivity contribution in [3.05, 3.63) is 54.1 Å². The second kappa shape index (κ2) is 8.97. The van der Waals surface area contributed by atoms with E-state index in [1.54, 1.807) is 32.9 Å². The normalized spacial score (nSPS) is 13.2. The molecule has 0 bridgehead atoms. The van der Waals surface area contributed by atoms with E-state index in [0.717, 1.165) is 0 Å². The predicted octanol–water partition coefficient (Wildman–Crippen LogP) is 4.08. The van der Waals surface area contributed by atoms with E-state index >= 15 is 0 Å². The summed E-state index contributed by atoms with van der Waals surface area (Å²) in [6, 6.07) is 13.5. The Labute approximate surface area is 173 Å². The van der Waals surface area contributed by atoms with Crippen LogP contribution in [0, 0.1) is 0 Å². The predicted molar refractivity (Wildman–Crippen MR) is 116 cm³/mol. The monoisotopic (exact) mass is 418 g/mol. The minimum atomic E-state index is -3.56. The maximum Gasteiger partial charge on any atom is 0.265 e. The van der Waals surface area contributed by atoms with E-state index in [2.05, 4.69) is 30.8 Å². The van der Waals surface area contributed by atoms with Crippen LogP contribution in [0.3, 0.4) is 0 Å². The fourth-order valence-electron chi connectivity index (χ4n) is 2.63. The zero-order valence-electron chi connectivity index (χ0n) is 17.8. The SMILES string of the molecule is CC(C)NS(=O)(=O)c1ccc(NC(=O)[C@@H](C)Oc2ccc(C(C)(C)C)cc2)cc1. The number of benzene rings is 2. The minimum Gasteiger partial charge on any atom is -0.481 e. The maximum atomic E-state index is 12.4. The highest BCUT2D eigenvalue weighted by Gasteiger charge is 2.18. The third kappa shape index (κ3) is 6.58. The van der Waals surface area contributed by atoms with E-state index in [1.807, 2.05) is 24.3 Å². The topological polar surface area (TPSA) is 84.5 Å². The molecule has 29 heavy (non-hydrogen) atoms. The number of amides is 1. The van der Waals surface area contributed by atoms with Gasteiger partial charge in [0.1, 0.15) is 5.75 Å².